The van der Waals surface area contributed by atoms with E-state index in [0.717, 1.165) is 0 Å². The number of carbonyl (C=O) groups is 1. The topological polar surface area (TPSA) is 69.7 Å². The minimum Gasteiger partial charge on any atom is -0.381 e. The number of primary amides is 1. The molecule has 1 aliphatic rings. The van der Waals surface area contributed by atoms with Crippen molar-refractivity contribution in [3.63, 3.8) is 0 Å². The van der Waals surface area contributed by atoms with E-state index in [0.29, 0.717) is 19.0 Å². The quantitative estimate of drug-likeness (QED) is 0.647. The maximum Gasteiger partial charge on any atom is 0.319 e. The Hall–Kier alpha value is -1.62. The van der Waals surface area contributed by atoms with Gasteiger partial charge in [0.25, 0.3) is 5.91 Å². The number of amides is 1. The average Bonchev–Trinajstić information content (AvgIpc) is 2.26. The molecular formula is C10H15N3O2+. The molecule has 0 aromatic heterocycles. The molecule has 5 nitrogen and oxygen atoms in total. The predicted octanol–water partition coefficient (Wildman–Crippen LogP) is -0.762. The van der Waals surface area contributed by atoms with Gasteiger partial charge in [-0.15, -0.1) is 0 Å². The summed E-state index contributed by atoms with van der Waals surface area (Å²) < 4.78 is 4.95. The van der Waals surface area contributed by atoms with Crippen LogP contribution in [0, 0.1) is 0 Å². The number of hydrogen-bond acceptors (Lipinski definition) is 4. The van der Waals surface area contributed by atoms with Gasteiger partial charge < -0.3 is 10.5 Å². The summed E-state index contributed by atoms with van der Waals surface area (Å²) in [7, 11) is 3.52. The van der Waals surface area contributed by atoms with Gasteiger partial charge in [-0.1, -0.05) is 0 Å². The van der Waals surface area contributed by atoms with E-state index in [-0.39, 0.29) is 5.71 Å². The zero-order valence-electron chi connectivity index (χ0n) is 8.93. The second-order valence-corrected chi connectivity index (χ2v) is 3.16. The van der Waals surface area contributed by atoms with Crippen LogP contribution in [0.4, 0.5) is 0 Å². The summed E-state index contributed by atoms with van der Waals surface area (Å²) in [5, 5.41) is 0. The van der Waals surface area contributed by atoms with Crippen LogP contribution < -0.4 is 10.7 Å². The molecule has 0 spiro atoms. The van der Waals surface area contributed by atoms with Crippen molar-refractivity contribution in [3.05, 3.63) is 24.0 Å². The van der Waals surface area contributed by atoms with Crippen molar-refractivity contribution in [3.8, 4) is 0 Å². The molecule has 15 heavy (non-hydrogen) atoms. The van der Waals surface area contributed by atoms with E-state index in [4.69, 9.17) is 10.5 Å². The highest BCUT2D eigenvalue weighted by atomic mass is 16.5. The standard InChI is InChI=1S/C10H15N3O2/c1-13(6-7-15-2)9-5-3-4-8(12-9)10(11)14/h3-5H,6-7H2,1-2H3,(H2,11,14)/q+1. The number of likely N-dealkylation sites (N-methyl/N-ethyl adjacent to an activating group) is 1. The van der Waals surface area contributed by atoms with Crippen LogP contribution in [0.3, 0.4) is 0 Å². The lowest BCUT2D eigenvalue weighted by atomic mass is 10.2. The number of ether oxygens (including phenoxy) is 1. The van der Waals surface area contributed by atoms with Gasteiger partial charge in [0.2, 0.25) is 5.71 Å². The van der Waals surface area contributed by atoms with Crippen molar-refractivity contribution in [2.24, 2.45) is 5.73 Å². The SMILES string of the molecule is COCCN(C)C1=CC=CC(C(N)=O)=[N+]1. The number of aliphatic imine (C=N–C) groups is 1. The summed E-state index contributed by atoms with van der Waals surface area (Å²) in [6.07, 6.45) is 5.17. The first-order valence-corrected chi connectivity index (χ1v) is 4.62. The van der Waals surface area contributed by atoms with E-state index in [2.05, 4.69) is 4.99 Å². The molecule has 1 heterocycles. The molecule has 0 unspecified atom stereocenters. The summed E-state index contributed by atoms with van der Waals surface area (Å²) in [4.78, 5) is 16.9. The Morgan fingerprint density at radius 2 is 2.40 bits per heavy atom. The Labute approximate surface area is 88.9 Å². The van der Waals surface area contributed by atoms with Gasteiger partial charge in [-0.05, 0) is 17.1 Å². The molecule has 2 N–H and O–H groups in total. The first-order valence-electron chi connectivity index (χ1n) is 4.62. The number of nitrogens with zero attached hydrogens (tertiary/aromatic N) is 2. The molecule has 1 radical (unpaired) electrons. The van der Waals surface area contributed by atoms with E-state index in [1.807, 2.05) is 18.0 Å². The van der Waals surface area contributed by atoms with Crippen LogP contribution in [0.5, 0.6) is 0 Å². The van der Waals surface area contributed by atoms with Crippen LogP contribution in [-0.2, 0) is 9.53 Å². The van der Waals surface area contributed by atoms with Crippen molar-refractivity contribution in [2.75, 3.05) is 27.3 Å². The molecule has 0 aromatic carbocycles. The van der Waals surface area contributed by atoms with Crippen LogP contribution >= 0.6 is 0 Å². The van der Waals surface area contributed by atoms with Crippen molar-refractivity contribution >= 4 is 11.6 Å². The van der Waals surface area contributed by atoms with Gasteiger partial charge in [0, 0.05) is 13.2 Å². The van der Waals surface area contributed by atoms with E-state index < -0.39 is 5.91 Å². The average molecular weight is 209 g/mol. The molecule has 81 valence electrons. The number of allylic oxidation sites excluding steroid dienone is 2. The van der Waals surface area contributed by atoms with E-state index >= 15 is 0 Å². The van der Waals surface area contributed by atoms with Crippen LogP contribution in [0.25, 0.3) is 0 Å². The maximum atomic E-state index is 10.9. The maximum absolute atomic E-state index is 10.9. The molecule has 1 rings (SSSR count). The number of hydrogen-bond donors (Lipinski definition) is 1. The number of rotatable bonds is 5. The zero-order valence-corrected chi connectivity index (χ0v) is 8.93. The Morgan fingerprint density at radius 3 is 3.00 bits per heavy atom. The van der Waals surface area contributed by atoms with Gasteiger partial charge >= 0.3 is 5.82 Å². The molecule has 1 amide bonds. The third-order valence-corrected chi connectivity index (χ3v) is 2.01. The first kappa shape index (κ1) is 11.5. The van der Waals surface area contributed by atoms with Crippen LogP contribution in [0.2, 0.25) is 0 Å². The van der Waals surface area contributed by atoms with Gasteiger partial charge in [-0.3, -0.25) is 9.69 Å². The van der Waals surface area contributed by atoms with Crippen LogP contribution in [0.15, 0.2) is 24.0 Å². The monoisotopic (exact) mass is 209 g/mol. The smallest absolute Gasteiger partial charge is 0.319 e. The Morgan fingerprint density at radius 1 is 1.67 bits per heavy atom. The first-order chi connectivity index (χ1) is 7.15. The summed E-state index contributed by atoms with van der Waals surface area (Å²) in [5.74, 6) is 0.195. The van der Waals surface area contributed by atoms with Gasteiger partial charge in [0.15, 0.2) is 0 Å². The molecule has 1 aliphatic heterocycles. The van der Waals surface area contributed by atoms with Gasteiger partial charge in [-0.25, -0.2) is 0 Å². The molecule has 0 aromatic rings. The number of carbonyl (C=O) groups excluding carboxylic acids is 1. The molecular weight excluding hydrogens is 194 g/mol. The molecule has 0 fully saturated rings. The largest absolute Gasteiger partial charge is 0.381 e. The van der Waals surface area contributed by atoms with E-state index in [1.54, 1.807) is 19.3 Å². The van der Waals surface area contributed by atoms with E-state index in [1.165, 1.54) is 0 Å². The third-order valence-electron chi connectivity index (χ3n) is 2.01. The van der Waals surface area contributed by atoms with Crippen molar-refractivity contribution in [1.82, 2.24) is 9.89 Å². The highest BCUT2D eigenvalue weighted by Crippen LogP contribution is 2.01. The number of methoxy groups -OCH3 is 1. The zero-order chi connectivity index (χ0) is 11.3. The Kier molecular flexibility index (Phi) is 4.05. The molecule has 5 heteroatoms. The van der Waals surface area contributed by atoms with Gasteiger partial charge in [0.05, 0.1) is 13.7 Å². The predicted molar refractivity (Wildman–Crippen MR) is 58.1 cm³/mol. The van der Waals surface area contributed by atoms with E-state index in [9.17, 15) is 4.79 Å². The molecule has 0 saturated heterocycles. The van der Waals surface area contributed by atoms with Gasteiger partial charge in [-0.2, -0.15) is 0 Å². The molecule has 0 aliphatic carbocycles. The fourth-order valence-corrected chi connectivity index (χ4v) is 1.12. The number of nitrogens with two attached hydrogens (primary N) is 1. The summed E-state index contributed by atoms with van der Waals surface area (Å²) in [5.41, 5.74) is 5.41. The summed E-state index contributed by atoms with van der Waals surface area (Å²) in [6.45, 7) is 1.32. The minimum atomic E-state index is -0.517. The van der Waals surface area contributed by atoms with Crippen LogP contribution in [-0.4, -0.2) is 43.8 Å². The van der Waals surface area contributed by atoms with Crippen molar-refractivity contribution in [2.45, 2.75) is 0 Å². The lowest BCUT2D eigenvalue weighted by molar-refractivity contribution is -0.111. The summed E-state index contributed by atoms with van der Waals surface area (Å²) in [6, 6.07) is 0. The summed E-state index contributed by atoms with van der Waals surface area (Å²) >= 11 is 0. The van der Waals surface area contributed by atoms with Crippen LogP contribution in [0.1, 0.15) is 0 Å². The third kappa shape index (κ3) is 3.21. The van der Waals surface area contributed by atoms with Gasteiger partial charge in [0.1, 0.15) is 6.54 Å². The highest BCUT2D eigenvalue weighted by molar-refractivity contribution is 6.42. The lowest BCUT2D eigenvalue weighted by Crippen LogP contribution is -2.32. The second kappa shape index (κ2) is 5.31. The normalized spacial score (nSPS) is 14.5. The fraction of sp³-hybridized carbons (Fsp3) is 0.400. The second-order valence-electron chi connectivity index (χ2n) is 3.16. The fourth-order valence-electron chi connectivity index (χ4n) is 1.12. The molecule has 0 saturated carbocycles. The minimum absolute atomic E-state index is 0.275. The Bertz CT molecular complexity index is 332. The Balaban J connectivity index is 2.68. The molecule has 0 bridgehead atoms. The highest BCUT2D eigenvalue weighted by Gasteiger charge is 2.20. The van der Waals surface area contributed by atoms with Crippen molar-refractivity contribution < 1.29 is 9.53 Å². The lowest BCUT2D eigenvalue weighted by Gasteiger charge is -2.10. The van der Waals surface area contributed by atoms with Crippen molar-refractivity contribution in [1.29, 1.82) is 0 Å². The molecule has 0 atom stereocenters.